The minimum Gasteiger partial charge on any atom is -0.284 e. The lowest BCUT2D eigenvalue weighted by Gasteiger charge is -2.30. The van der Waals surface area contributed by atoms with E-state index in [2.05, 4.69) is 0 Å². The molecule has 0 aromatic carbocycles. The lowest BCUT2D eigenvalue weighted by Crippen LogP contribution is -2.66. The Morgan fingerprint density at radius 1 is 0.647 bits per heavy atom. The highest BCUT2D eigenvalue weighted by Crippen LogP contribution is 2.51. The van der Waals surface area contributed by atoms with Crippen LogP contribution in [0.5, 0.6) is 0 Å². The first kappa shape index (κ1) is 16.4. The average molecular weight is 312 g/mol. The van der Waals surface area contributed by atoms with Gasteiger partial charge in [-0.25, -0.2) is 0 Å². The highest BCUT2D eigenvalue weighted by atomic mass is 32.3. The topological polar surface area (TPSA) is 109 Å². The molecule has 0 aliphatic heterocycles. The minimum absolute atomic E-state index is 6.69. The van der Waals surface area contributed by atoms with Gasteiger partial charge in [-0.2, -0.15) is 43.2 Å². The molecule has 0 aromatic rings. The van der Waals surface area contributed by atoms with E-state index in [1.54, 1.807) is 0 Å². The van der Waals surface area contributed by atoms with Crippen LogP contribution in [-0.2, 0) is 20.2 Å². The van der Waals surface area contributed by atoms with Crippen LogP contribution >= 0.6 is 0 Å². The van der Waals surface area contributed by atoms with Gasteiger partial charge in [0.2, 0.25) is 0 Å². The predicted molar refractivity (Wildman–Crippen MR) is 37.9 cm³/mol. The van der Waals surface area contributed by atoms with E-state index in [1.165, 1.54) is 0 Å². The summed E-state index contributed by atoms with van der Waals surface area (Å²) in [7, 11) is -14.6. The molecule has 0 fully saturated rings. The van der Waals surface area contributed by atoms with Crippen molar-refractivity contribution in [1.29, 1.82) is 0 Å². The molecule has 17 heavy (non-hydrogen) atoms. The monoisotopic (exact) mass is 312 g/mol. The molecule has 0 atom stereocenters. The second kappa shape index (κ2) is 3.69. The van der Waals surface area contributed by atoms with Crippen LogP contribution in [-0.4, -0.2) is 42.4 Å². The molecule has 0 aliphatic carbocycles. The number of halogens is 6. The third-order valence-electron chi connectivity index (χ3n) is 1.47. The lowest BCUT2D eigenvalue weighted by molar-refractivity contribution is -0.243. The van der Waals surface area contributed by atoms with Crippen LogP contribution in [0.4, 0.5) is 26.3 Å². The van der Waals surface area contributed by atoms with Gasteiger partial charge in [0.25, 0.3) is 0 Å². The van der Waals surface area contributed by atoms with Crippen LogP contribution in [0.3, 0.4) is 0 Å². The van der Waals surface area contributed by atoms with Crippen molar-refractivity contribution >= 4 is 20.2 Å². The van der Waals surface area contributed by atoms with Gasteiger partial charge in [-0.3, -0.25) is 9.11 Å². The van der Waals surface area contributed by atoms with Crippen molar-refractivity contribution in [2.75, 3.05) is 0 Å². The maximum absolute atomic E-state index is 12.1. The summed E-state index contributed by atoms with van der Waals surface area (Å²) < 4.78 is 122. The van der Waals surface area contributed by atoms with Crippen molar-refractivity contribution in [3.8, 4) is 0 Å². The standard InChI is InChI=1S/C3H2F6O6S2/c4-2(5,6)1(3(7,8)9,16(10,11)12)17(13,14)15/h(H,10,11,12)(H,13,14,15). The summed E-state index contributed by atoms with van der Waals surface area (Å²) in [5.41, 5.74) is 0. The molecule has 0 amide bonds. The highest BCUT2D eigenvalue weighted by Gasteiger charge is 2.86. The minimum atomic E-state index is -7.29. The number of hydrogen-bond acceptors (Lipinski definition) is 4. The van der Waals surface area contributed by atoms with Gasteiger partial charge in [0.05, 0.1) is 0 Å². The molecule has 0 aliphatic rings. The van der Waals surface area contributed by atoms with Crippen LogP contribution in [0.25, 0.3) is 0 Å². The van der Waals surface area contributed by atoms with Gasteiger partial charge in [0, 0.05) is 0 Å². The summed E-state index contributed by atoms with van der Waals surface area (Å²) >= 11 is 0. The first-order chi connectivity index (χ1) is 7.00. The SMILES string of the molecule is O=S(=O)(O)C(C(F)(F)F)(C(F)(F)F)S(=O)(=O)O. The molecule has 0 saturated heterocycles. The molecule has 0 rings (SSSR count). The molecule has 6 nitrogen and oxygen atoms in total. The summed E-state index contributed by atoms with van der Waals surface area (Å²) in [6.07, 6.45) is -14.1. The van der Waals surface area contributed by atoms with E-state index < -0.39 is 36.7 Å². The first-order valence-corrected chi connectivity index (χ1v) is 5.95. The second-order valence-electron chi connectivity index (χ2n) is 2.56. The van der Waals surface area contributed by atoms with Gasteiger partial charge >= 0.3 is 36.7 Å². The fraction of sp³-hybridized carbons (Fsp3) is 1.00. The lowest BCUT2D eigenvalue weighted by atomic mass is 10.4. The van der Waals surface area contributed by atoms with Crippen LogP contribution in [0.1, 0.15) is 0 Å². The molecule has 2 N–H and O–H groups in total. The number of rotatable bonds is 2. The van der Waals surface area contributed by atoms with E-state index in [1.807, 2.05) is 0 Å². The molecule has 0 radical (unpaired) electrons. The van der Waals surface area contributed by atoms with Gasteiger partial charge in [0.1, 0.15) is 0 Å². The molecular formula is C3H2F6O6S2. The summed E-state index contributed by atoms with van der Waals surface area (Å²) in [4.78, 5) is 0. The largest absolute Gasteiger partial charge is 0.436 e. The molecule has 14 heteroatoms. The number of alkyl halides is 6. The van der Waals surface area contributed by atoms with Crippen LogP contribution in [0.2, 0.25) is 0 Å². The van der Waals surface area contributed by atoms with Crippen molar-refractivity contribution < 1.29 is 52.3 Å². The van der Waals surface area contributed by atoms with Crippen molar-refractivity contribution in [3.63, 3.8) is 0 Å². The summed E-state index contributed by atoms with van der Waals surface area (Å²) in [5.74, 6) is 0. The predicted octanol–water partition coefficient (Wildman–Crippen LogP) is 0.583. The van der Waals surface area contributed by atoms with Crippen LogP contribution in [0, 0.1) is 0 Å². The van der Waals surface area contributed by atoms with E-state index in [-0.39, 0.29) is 0 Å². The second-order valence-corrected chi connectivity index (χ2v) is 5.95. The Morgan fingerprint density at radius 3 is 0.824 bits per heavy atom. The Labute approximate surface area is 89.7 Å². The molecule has 0 spiro atoms. The number of hydrogen-bond donors (Lipinski definition) is 2. The molecule has 0 bridgehead atoms. The zero-order valence-corrected chi connectivity index (χ0v) is 8.74. The smallest absolute Gasteiger partial charge is 0.284 e. The summed E-state index contributed by atoms with van der Waals surface area (Å²) in [5, 5.41) is 0. The third-order valence-corrected chi connectivity index (χ3v) is 5.12. The average Bonchev–Trinajstić information content (AvgIpc) is 1.67. The fourth-order valence-electron chi connectivity index (χ4n) is 0.879. The normalized spacial score (nSPS) is 16.0. The highest BCUT2D eigenvalue weighted by molar-refractivity contribution is 8.05. The van der Waals surface area contributed by atoms with E-state index in [0.29, 0.717) is 0 Å². The molecule has 0 unspecified atom stereocenters. The zero-order chi connectivity index (χ0) is 14.5. The Kier molecular flexibility index (Phi) is 3.56. The van der Waals surface area contributed by atoms with Gasteiger partial charge < -0.3 is 0 Å². The van der Waals surface area contributed by atoms with Gasteiger partial charge in [-0.1, -0.05) is 0 Å². The van der Waals surface area contributed by atoms with E-state index in [9.17, 15) is 43.2 Å². The first-order valence-electron chi connectivity index (χ1n) is 3.07. The van der Waals surface area contributed by atoms with E-state index in [0.717, 1.165) is 0 Å². The van der Waals surface area contributed by atoms with Crippen molar-refractivity contribution in [2.24, 2.45) is 0 Å². The molecule has 0 aromatic heterocycles. The zero-order valence-electron chi connectivity index (χ0n) is 7.11. The maximum Gasteiger partial charge on any atom is 0.436 e. The Balaban J connectivity index is 6.84. The molecule has 0 saturated carbocycles. The quantitative estimate of drug-likeness (QED) is 0.570. The fourth-order valence-corrected chi connectivity index (χ4v) is 3.11. The van der Waals surface area contributed by atoms with Crippen molar-refractivity contribution in [3.05, 3.63) is 0 Å². The summed E-state index contributed by atoms with van der Waals surface area (Å²) in [6.45, 7) is 0. The van der Waals surface area contributed by atoms with Gasteiger partial charge in [-0.05, 0) is 0 Å². The molecule has 104 valence electrons. The van der Waals surface area contributed by atoms with Crippen molar-refractivity contribution in [2.45, 2.75) is 16.4 Å². The molecule has 0 heterocycles. The van der Waals surface area contributed by atoms with Gasteiger partial charge in [0.15, 0.2) is 0 Å². The molecular weight excluding hydrogens is 310 g/mol. The maximum atomic E-state index is 12.1. The van der Waals surface area contributed by atoms with Crippen LogP contribution in [0.15, 0.2) is 0 Å². The summed E-state index contributed by atoms with van der Waals surface area (Å²) in [6, 6.07) is 0. The van der Waals surface area contributed by atoms with E-state index in [4.69, 9.17) is 9.11 Å². The Morgan fingerprint density at radius 2 is 0.824 bits per heavy atom. The van der Waals surface area contributed by atoms with E-state index >= 15 is 0 Å². The third kappa shape index (κ3) is 2.21. The van der Waals surface area contributed by atoms with Crippen LogP contribution < -0.4 is 0 Å². The Hall–Kier alpha value is -0.600. The Bertz CT molecular complexity index is 447. The van der Waals surface area contributed by atoms with Crippen molar-refractivity contribution in [1.82, 2.24) is 0 Å². The van der Waals surface area contributed by atoms with Gasteiger partial charge in [-0.15, -0.1) is 0 Å².